The molecule has 0 aromatic heterocycles. The lowest BCUT2D eigenvalue weighted by Crippen LogP contribution is -2.46. The Balaban J connectivity index is 1.95. The fraction of sp³-hybridized carbons (Fsp3) is 0.480. The van der Waals surface area contributed by atoms with Gasteiger partial charge < -0.3 is 14.8 Å². The molecule has 2 aromatic carbocycles. The first-order valence-electron chi connectivity index (χ1n) is 11.3. The number of benzene rings is 2. The monoisotopic (exact) mass is 474 g/mol. The summed E-state index contributed by atoms with van der Waals surface area (Å²) in [5.74, 6) is 0.619. The molecule has 0 aliphatic heterocycles. The first kappa shape index (κ1) is 25.1. The summed E-state index contributed by atoms with van der Waals surface area (Å²) in [4.78, 5) is 13.4. The molecule has 3 rings (SSSR count). The average molecular weight is 475 g/mol. The van der Waals surface area contributed by atoms with Crippen LogP contribution in [0.2, 0.25) is 0 Å². The summed E-state index contributed by atoms with van der Waals surface area (Å²) >= 11 is 0. The molecule has 0 heterocycles. The number of nitrogens with zero attached hydrogens (tertiary/aromatic N) is 1. The number of anilines is 1. The molecular formula is C25H34N2O5S. The Labute approximate surface area is 197 Å². The topological polar surface area (TPSA) is 84.9 Å². The van der Waals surface area contributed by atoms with E-state index in [1.54, 1.807) is 18.2 Å². The Morgan fingerprint density at radius 1 is 1.00 bits per heavy atom. The van der Waals surface area contributed by atoms with Crippen LogP contribution in [-0.4, -0.2) is 45.4 Å². The fourth-order valence-corrected chi connectivity index (χ4v) is 6.77. The molecule has 8 heteroatoms. The van der Waals surface area contributed by atoms with Crippen LogP contribution in [0.4, 0.5) is 5.69 Å². The maximum Gasteiger partial charge on any atom is 0.244 e. The molecule has 2 aromatic rings. The van der Waals surface area contributed by atoms with Gasteiger partial charge in [0.05, 0.1) is 31.3 Å². The average Bonchev–Trinajstić information content (AvgIpc) is 2.77. The van der Waals surface area contributed by atoms with E-state index in [0.717, 1.165) is 37.7 Å². The van der Waals surface area contributed by atoms with Gasteiger partial charge in [-0.1, -0.05) is 37.0 Å². The van der Waals surface area contributed by atoms with Gasteiger partial charge in [-0.3, -0.25) is 4.79 Å². The number of ether oxygens (including phenoxy) is 2. The Bertz CT molecular complexity index is 1080. The maximum atomic E-state index is 13.9. The number of hydrogen-bond donors (Lipinski definition) is 1. The summed E-state index contributed by atoms with van der Waals surface area (Å²) < 4.78 is 39.8. The van der Waals surface area contributed by atoms with Gasteiger partial charge in [0.15, 0.2) is 0 Å². The summed E-state index contributed by atoms with van der Waals surface area (Å²) in [5, 5.41) is 2.82. The van der Waals surface area contributed by atoms with Crippen LogP contribution in [0, 0.1) is 20.8 Å². The Kier molecular flexibility index (Phi) is 8.02. The zero-order chi connectivity index (χ0) is 24.2. The van der Waals surface area contributed by atoms with E-state index in [-0.39, 0.29) is 12.6 Å². The zero-order valence-electron chi connectivity index (χ0n) is 20.1. The van der Waals surface area contributed by atoms with E-state index in [0.29, 0.717) is 33.2 Å². The summed E-state index contributed by atoms with van der Waals surface area (Å²) in [6, 6.07) is 8.63. The summed E-state index contributed by atoms with van der Waals surface area (Å²) in [6.07, 6.45) is 4.49. The number of aryl methyl sites for hydroxylation is 3. The van der Waals surface area contributed by atoms with E-state index in [1.165, 1.54) is 18.5 Å². The van der Waals surface area contributed by atoms with Crippen LogP contribution in [0.1, 0.15) is 48.8 Å². The van der Waals surface area contributed by atoms with Crippen molar-refractivity contribution in [3.8, 4) is 11.5 Å². The lowest BCUT2D eigenvalue weighted by molar-refractivity contribution is -0.116. The van der Waals surface area contributed by atoms with E-state index in [4.69, 9.17) is 9.47 Å². The van der Waals surface area contributed by atoms with Crippen molar-refractivity contribution in [1.29, 1.82) is 0 Å². The molecule has 0 saturated heterocycles. The number of carbonyl (C=O) groups excluding carboxylic acids is 1. The number of amides is 1. The lowest BCUT2D eigenvalue weighted by atomic mass is 9.95. The summed E-state index contributed by atoms with van der Waals surface area (Å²) in [7, 11) is -0.826. The number of nitrogens with one attached hydrogen (secondary N) is 1. The van der Waals surface area contributed by atoms with Crippen LogP contribution in [0.3, 0.4) is 0 Å². The molecule has 0 atom stereocenters. The second-order valence-corrected chi connectivity index (χ2v) is 10.5. The van der Waals surface area contributed by atoms with Crippen LogP contribution < -0.4 is 14.8 Å². The molecule has 1 saturated carbocycles. The molecule has 33 heavy (non-hydrogen) atoms. The van der Waals surface area contributed by atoms with Crippen LogP contribution in [-0.2, 0) is 14.8 Å². The molecule has 0 spiro atoms. The second kappa shape index (κ2) is 10.6. The molecule has 1 N–H and O–H groups in total. The molecule has 1 fully saturated rings. The molecular weight excluding hydrogens is 440 g/mol. The molecule has 1 amide bonds. The van der Waals surface area contributed by atoms with Crippen LogP contribution >= 0.6 is 0 Å². The first-order chi connectivity index (χ1) is 15.7. The largest absolute Gasteiger partial charge is 0.497 e. The zero-order valence-corrected chi connectivity index (χ0v) is 20.9. The second-order valence-electron chi connectivity index (χ2n) is 8.68. The normalized spacial score (nSPS) is 14.8. The smallest absolute Gasteiger partial charge is 0.244 e. The van der Waals surface area contributed by atoms with Crippen molar-refractivity contribution >= 4 is 21.6 Å². The molecule has 180 valence electrons. The van der Waals surface area contributed by atoms with Crippen molar-refractivity contribution in [2.75, 3.05) is 26.1 Å². The van der Waals surface area contributed by atoms with Gasteiger partial charge in [0, 0.05) is 12.1 Å². The van der Waals surface area contributed by atoms with Crippen molar-refractivity contribution in [2.45, 2.75) is 63.8 Å². The van der Waals surface area contributed by atoms with Crippen molar-refractivity contribution in [1.82, 2.24) is 4.31 Å². The Morgan fingerprint density at radius 2 is 1.64 bits per heavy atom. The number of hydrogen-bond acceptors (Lipinski definition) is 5. The van der Waals surface area contributed by atoms with E-state index in [9.17, 15) is 13.2 Å². The molecule has 1 aliphatic rings. The predicted octanol–water partition coefficient (Wildman–Crippen LogP) is 4.59. The van der Waals surface area contributed by atoms with Gasteiger partial charge in [0.1, 0.15) is 11.5 Å². The number of methoxy groups -OCH3 is 2. The van der Waals surface area contributed by atoms with Crippen molar-refractivity contribution in [3.05, 3.63) is 47.0 Å². The highest BCUT2D eigenvalue weighted by Crippen LogP contribution is 2.32. The van der Waals surface area contributed by atoms with Gasteiger partial charge in [-0.05, 0) is 56.9 Å². The van der Waals surface area contributed by atoms with Gasteiger partial charge in [0.2, 0.25) is 15.9 Å². The summed E-state index contributed by atoms with van der Waals surface area (Å²) in [5.41, 5.74) is 2.84. The number of sulfonamides is 1. The maximum absolute atomic E-state index is 13.9. The Hall–Kier alpha value is -2.58. The standard InChI is InChI=1S/C25H34N2O5S/c1-17-13-18(2)25(19(3)14-17)33(29,30)27(20-9-7-6-8-10-20)16-24(28)26-22-15-21(31-4)11-12-23(22)32-5/h11-15,20H,6-10,16H2,1-5H3,(H,26,28). The Morgan fingerprint density at radius 3 is 2.21 bits per heavy atom. The molecule has 0 radical (unpaired) electrons. The number of rotatable bonds is 8. The van der Waals surface area contributed by atoms with Gasteiger partial charge in [-0.15, -0.1) is 0 Å². The van der Waals surface area contributed by atoms with E-state index in [2.05, 4.69) is 5.32 Å². The van der Waals surface area contributed by atoms with E-state index in [1.807, 2.05) is 32.9 Å². The van der Waals surface area contributed by atoms with Gasteiger partial charge in [-0.2, -0.15) is 4.31 Å². The molecule has 1 aliphatic carbocycles. The molecule has 0 unspecified atom stereocenters. The fourth-order valence-electron chi connectivity index (χ4n) is 4.71. The van der Waals surface area contributed by atoms with Gasteiger partial charge in [0.25, 0.3) is 0 Å². The third-order valence-corrected chi connectivity index (χ3v) is 8.34. The van der Waals surface area contributed by atoms with Crippen LogP contribution in [0.25, 0.3) is 0 Å². The third kappa shape index (κ3) is 5.68. The van der Waals surface area contributed by atoms with Crippen molar-refractivity contribution in [3.63, 3.8) is 0 Å². The SMILES string of the molecule is COc1ccc(OC)c(NC(=O)CN(C2CCCCC2)S(=O)(=O)c2c(C)cc(C)cc2C)c1. The highest BCUT2D eigenvalue weighted by molar-refractivity contribution is 7.89. The first-order valence-corrected chi connectivity index (χ1v) is 12.7. The van der Waals surface area contributed by atoms with E-state index < -0.39 is 15.9 Å². The van der Waals surface area contributed by atoms with Crippen LogP contribution in [0.5, 0.6) is 11.5 Å². The lowest BCUT2D eigenvalue weighted by Gasteiger charge is -2.33. The molecule has 7 nitrogen and oxygen atoms in total. The minimum Gasteiger partial charge on any atom is -0.497 e. The highest BCUT2D eigenvalue weighted by Gasteiger charge is 2.35. The number of carbonyl (C=O) groups is 1. The van der Waals surface area contributed by atoms with Crippen molar-refractivity contribution in [2.24, 2.45) is 0 Å². The van der Waals surface area contributed by atoms with Crippen molar-refractivity contribution < 1.29 is 22.7 Å². The highest BCUT2D eigenvalue weighted by atomic mass is 32.2. The van der Waals surface area contributed by atoms with Gasteiger partial charge in [-0.25, -0.2) is 8.42 Å². The van der Waals surface area contributed by atoms with E-state index >= 15 is 0 Å². The summed E-state index contributed by atoms with van der Waals surface area (Å²) in [6.45, 7) is 5.31. The van der Waals surface area contributed by atoms with Crippen LogP contribution in [0.15, 0.2) is 35.2 Å². The van der Waals surface area contributed by atoms with Gasteiger partial charge >= 0.3 is 0 Å². The predicted molar refractivity (Wildman–Crippen MR) is 130 cm³/mol. The minimum absolute atomic E-state index is 0.207. The quantitative estimate of drug-likeness (QED) is 0.605. The minimum atomic E-state index is -3.88. The third-order valence-electron chi connectivity index (χ3n) is 6.13. The molecule has 0 bridgehead atoms.